The van der Waals surface area contributed by atoms with Gasteiger partial charge in [0.2, 0.25) is 0 Å². The lowest BCUT2D eigenvalue weighted by atomic mass is 9.82. The summed E-state index contributed by atoms with van der Waals surface area (Å²) in [6.07, 6.45) is 4.71. The van der Waals surface area contributed by atoms with Crippen LogP contribution in [0.15, 0.2) is 47.8 Å². The van der Waals surface area contributed by atoms with Crippen LogP contribution in [-0.2, 0) is 6.54 Å². The number of aromatic nitrogens is 4. The van der Waals surface area contributed by atoms with Crippen LogP contribution in [0, 0.1) is 11.7 Å². The molecule has 0 aliphatic carbocycles. The van der Waals surface area contributed by atoms with Gasteiger partial charge in [0, 0.05) is 55.1 Å². The van der Waals surface area contributed by atoms with Crippen LogP contribution in [0.3, 0.4) is 0 Å². The average molecular weight is 406 g/mol. The Balaban J connectivity index is 1.49. The van der Waals surface area contributed by atoms with Crippen LogP contribution < -0.4 is 11.3 Å². The van der Waals surface area contributed by atoms with E-state index in [0.717, 1.165) is 18.3 Å². The number of nitrogens with zero attached hydrogens (tertiary/aromatic N) is 5. The molecule has 0 saturated carbocycles. The van der Waals surface area contributed by atoms with Crippen LogP contribution in [0.5, 0.6) is 0 Å². The van der Waals surface area contributed by atoms with E-state index in [1.807, 2.05) is 6.07 Å². The van der Waals surface area contributed by atoms with E-state index in [4.69, 9.17) is 5.73 Å². The number of anilines is 1. The van der Waals surface area contributed by atoms with Crippen LogP contribution in [0.25, 0.3) is 11.3 Å². The van der Waals surface area contributed by atoms with E-state index in [0.29, 0.717) is 36.7 Å². The number of halogens is 1. The van der Waals surface area contributed by atoms with Gasteiger partial charge in [0.05, 0.1) is 17.5 Å². The number of carbonyl (C=O) groups is 1. The minimum atomic E-state index is -0.538. The Bertz CT molecular complexity index is 1210. The molecule has 3 aromatic heterocycles. The number of amides is 1. The van der Waals surface area contributed by atoms with Crippen molar-refractivity contribution in [1.29, 1.82) is 0 Å². The molecule has 2 atom stereocenters. The summed E-state index contributed by atoms with van der Waals surface area (Å²) in [6.45, 7) is 1.53. The molecule has 2 aliphatic rings. The maximum atomic E-state index is 13.5. The number of fused-ring (bicyclic) bond motifs is 4. The topological polar surface area (TPSA) is 107 Å². The van der Waals surface area contributed by atoms with Crippen LogP contribution in [0.4, 0.5) is 10.2 Å². The lowest BCUT2D eigenvalue weighted by Crippen LogP contribution is -2.49. The monoisotopic (exact) mass is 406 g/mol. The van der Waals surface area contributed by atoms with Crippen molar-refractivity contribution in [2.24, 2.45) is 5.92 Å². The number of piperidine rings is 1. The zero-order valence-corrected chi connectivity index (χ0v) is 16.0. The Morgan fingerprint density at radius 2 is 1.97 bits per heavy atom. The van der Waals surface area contributed by atoms with Gasteiger partial charge in [-0.25, -0.2) is 14.4 Å². The first-order valence-corrected chi connectivity index (χ1v) is 9.70. The third kappa shape index (κ3) is 3.22. The summed E-state index contributed by atoms with van der Waals surface area (Å²) < 4.78 is 15.3. The van der Waals surface area contributed by atoms with Gasteiger partial charge in [0.15, 0.2) is 0 Å². The number of hydrogen-bond donors (Lipinski definition) is 1. The van der Waals surface area contributed by atoms with E-state index in [2.05, 4.69) is 15.0 Å². The number of pyridine rings is 2. The second-order valence-electron chi connectivity index (χ2n) is 7.85. The van der Waals surface area contributed by atoms with E-state index in [1.165, 1.54) is 18.6 Å². The Hall–Kier alpha value is -3.62. The lowest BCUT2D eigenvalue weighted by Gasteiger charge is -2.43. The van der Waals surface area contributed by atoms with Gasteiger partial charge in [-0.2, -0.15) is 0 Å². The smallest absolute Gasteiger partial charge is 0.255 e. The molecule has 2 N–H and O–H groups in total. The molecule has 9 heteroatoms. The van der Waals surface area contributed by atoms with Crippen molar-refractivity contribution < 1.29 is 9.18 Å². The summed E-state index contributed by atoms with van der Waals surface area (Å²) in [6, 6.07) is 6.34. The highest BCUT2D eigenvalue weighted by molar-refractivity contribution is 5.94. The molecule has 2 aliphatic heterocycles. The second-order valence-corrected chi connectivity index (χ2v) is 7.85. The van der Waals surface area contributed by atoms with Gasteiger partial charge in [-0.1, -0.05) is 0 Å². The molecule has 1 saturated heterocycles. The predicted octanol–water partition coefficient (Wildman–Crippen LogP) is 1.68. The largest absolute Gasteiger partial charge is 0.384 e. The van der Waals surface area contributed by atoms with Crippen molar-refractivity contribution >= 4 is 11.7 Å². The van der Waals surface area contributed by atoms with Crippen molar-refractivity contribution in [3.63, 3.8) is 0 Å². The van der Waals surface area contributed by atoms with Crippen LogP contribution in [0.1, 0.15) is 28.4 Å². The Labute approximate surface area is 171 Å². The Morgan fingerprint density at radius 1 is 1.10 bits per heavy atom. The molecule has 0 spiro atoms. The van der Waals surface area contributed by atoms with Crippen LogP contribution in [0.2, 0.25) is 0 Å². The van der Waals surface area contributed by atoms with Crippen molar-refractivity contribution in [2.75, 3.05) is 18.8 Å². The first-order valence-electron chi connectivity index (χ1n) is 9.70. The number of likely N-dealkylation sites (tertiary alicyclic amines) is 1. The zero-order valence-electron chi connectivity index (χ0n) is 16.0. The maximum absolute atomic E-state index is 13.5. The van der Waals surface area contributed by atoms with E-state index in [9.17, 15) is 14.0 Å². The van der Waals surface area contributed by atoms with Gasteiger partial charge in [-0.3, -0.25) is 14.6 Å². The molecule has 5 rings (SSSR count). The molecule has 1 fully saturated rings. The molecule has 152 valence electrons. The third-order valence-corrected chi connectivity index (χ3v) is 5.78. The van der Waals surface area contributed by atoms with Crippen molar-refractivity contribution in [3.05, 3.63) is 70.4 Å². The maximum Gasteiger partial charge on any atom is 0.255 e. The summed E-state index contributed by atoms with van der Waals surface area (Å²) in [7, 11) is 0. The summed E-state index contributed by atoms with van der Waals surface area (Å²) in [5.41, 5.74) is 8.04. The highest BCUT2D eigenvalue weighted by atomic mass is 19.1. The first kappa shape index (κ1) is 18.4. The second kappa shape index (κ2) is 7.01. The predicted molar refractivity (Wildman–Crippen MR) is 107 cm³/mol. The quantitative estimate of drug-likeness (QED) is 0.694. The molecule has 2 bridgehead atoms. The number of nitrogens with two attached hydrogens (primary N) is 1. The fourth-order valence-corrected chi connectivity index (χ4v) is 4.51. The summed E-state index contributed by atoms with van der Waals surface area (Å²) in [4.78, 5) is 39.4. The molecule has 3 aromatic rings. The first-order chi connectivity index (χ1) is 14.5. The zero-order chi connectivity index (χ0) is 20.8. The van der Waals surface area contributed by atoms with Crippen molar-refractivity contribution in [1.82, 2.24) is 24.4 Å². The minimum Gasteiger partial charge on any atom is -0.384 e. The summed E-state index contributed by atoms with van der Waals surface area (Å²) >= 11 is 0. The fraction of sp³-hybridized carbons (Fsp3) is 0.286. The standard InChI is InChI=1S/C21H19FN6O2/c22-16-2-14(6-24-7-16)21(30)27-8-12-1-15(10-27)18-3-13(4-20(29)28(18)9-12)17-5-19(23)26-11-25-17/h2-7,11-12,15H,1,8-10H2,(H2,23,25,26)/t12-,15+/m0/s1. The normalized spacial score (nSPS) is 20.0. The van der Waals surface area contributed by atoms with Gasteiger partial charge >= 0.3 is 0 Å². The Kier molecular flexibility index (Phi) is 4.30. The van der Waals surface area contributed by atoms with Crippen molar-refractivity contribution in [3.8, 4) is 11.3 Å². The molecule has 0 aromatic carbocycles. The summed E-state index contributed by atoms with van der Waals surface area (Å²) in [5, 5.41) is 0. The molecular formula is C21H19FN6O2. The molecule has 1 amide bonds. The van der Waals surface area contributed by atoms with Crippen LogP contribution in [-0.4, -0.2) is 43.4 Å². The van der Waals surface area contributed by atoms with E-state index < -0.39 is 5.82 Å². The van der Waals surface area contributed by atoms with Gasteiger partial charge in [-0.15, -0.1) is 0 Å². The van der Waals surface area contributed by atoms with Gasteiger partial charge in [-0.05, 0) is 24.5 Å². The van der Waals surface area contributed by atoms with Gasteiger partial charge < -0.3 is 15.2 Å². The number of carbonyl (C=O) groups excluding carboxylic acids is 1. The van der Waals surface area contributed by atoms with Gasteiger partial charge in [0.25, 0.3) is 11.5 Å². The van der Waals surface area contributed by atoms with Crippen LogP contribution >= 0.6 is 0 Å². The van der Waals surface area contributed by atoms with E-state index >= 15 is 0 Å². The molecule has 0 radical (unpaired) electrons. The minimum absolute atomic E-state index is 0.00908. The fourth-order valence-electron chi connectivity index (χ4n) is 4.51. The molecule has 30 heavy (non-hydrogen) atoms. The molecule has 8 nitrogen and oxygen atoms in total. The third-order valence-electron chi connectivity index (χ3n) is 5.78. The average Bonchev–Trinajstić information content (AvgIpc) is 2.73. The summed E-state index contributed by atoms with van der Waals surface area (Å²) in [5.74, 6) is -0.276. The van der Waals surface area contributed by atoms with Crippen molar-refractivity contribution in [2.45, 2.75) is 18.9 Å². The van der Waals surface area contributed by atoms with E-state index in [-0.39, 0.29) is 28.9 Å². The SMILES string of the molecule is Nc1cc(-c2cc3n(c(=O)c2)C[C@H]2C[C@@H]3CN(C(=O)c3cncc(F)c3)C2)ncn1. The molecule has 5 heterocycles. The highest BCUT2D eigenvalue weighted by Crippen LogP contribution is 2.36. The molecule has 0 unspecified atom stereocenters. The van der Waals surface area contributed by atoms with E-state index in [1.54, 1.807) is 21.6 Å². The number of rotatable bonds is 2. The number of hydrogen-bond acceptors (Lipinski definition) is 6. The lowest BCUT2D eigenvalue weighted by molar-refractivity contribution is 0.0593. The number of nitrogen functional groups attached to an aromatic ring is 1. The highest BCUT2D eigenvalue weighted by Gasteiger charge is 2.37. The molecular weight excluding hydrogens is 387 g/mol. The Morgan fingerprint density at radius 3 is 2.77 bits per heavy atom. The van der Waals surface area contributed by atoms with Gasteiger partial charge in [0.1, 0.15) is 18.0 Å².